The van der Waals surface area contributed by atoms with E-state index in [1.807, 2.05) is 0 Å². The molecule has 0 heterocycles. The van der Waals surface area contributed by atoms with Crippen molar-refractivity contribution in [3.63, 3.8) is 0 Å². The van der Waals surface area contributed by atoms with Gasteiger partial charge in [0.1, 0.15) is 0 Å². The lowest BCUT2D eigenvalue weighted by Crippen LogP contribution is -0.856. The molecule has 0 spiro atoms. The highest BCUT2D eigenvalue weighted by Crippen LogP contribution is 1.14. The molecule has 0 N–H and O–H groups in total. The van der Waals surface area contributed by atoms with Crippen molar-refractivity contribution in [2.45, 2.75) is 13.8 Å². The van der Waals surface area contributed by atoms with Crippen LogP contribution in [0.1, 0.15) is 16.5 Å². The topological polar surface area (TPSA) is 0 Å². The Morgan fingerprint density at radius 3 is 1.00 bits per heavy atom. The maximum atomic E-state index is 6.26. The molecular formula is C2H10Cl4. The van der Waals surface area contributed by atoms with Crippen LogP contribution < -0.4 is 0 Å². The average Bonchev–Trinajstić information content (AvgIpc) is 1.37. The largest absolute Gasteiger partial charge is 0.147 e. The molecule has 0 aliphatic carbocycles. The molecule has 0 nitrogen and oxygen atoms in total. The first-order valence-electron chi connectivity index (χ1n) is 1.91. The summed E-state index contributed by atoms with van der Waals surface area (Å²) < 4.78 is 12.5. The van der Waals surface area contributed by atoms with E-state index in [-0.39, 0.29) is 63.4 Å². The van der Waals surface area contributed by atoms with Crippen LogP contribution in [0.3, 0.4) is 0 Å². The summed E-state index contributed by atoms with van der Waals surface area (Å²) in [6.45, 7) is 0.472. The van der Waals surface area contributed by atoms with E-state index in [1.165, 1.54) is 0 Å². The normalized spacial score (nSPS) is 5.33. The van der Waals surface area contributed by atoms with Crippen LogP contribution in [-0.2, 0) is 0 Å². The number of hydrogen-bond donors (Lipinski definition) is 0. The van der Waals surface area contributed by atoms with Crippen LogP contribution in [0.4, 0.5) is 0 Å². The van der Waals surface area contributed by atoms with Crippen molar-refractivity contribution in [1.82, 2.24) is 0 Å². The van der Waals surface area contributed by atoms with Gasteiger partial charge in [-0.05, 0) is 0 Å². The van der Waals surface area contributed by atoms with E-state index < -0.39 is 0 Å². The van der Waals surface area contributed by atoms with Crippen LogP contribution in [-0.4, -0.2) is 0 Å². The van der Waals surface area contributed by atoms with Crippen molar-refractivity contribution in [3.8, 4) is 0 Å². The Kier molecular flexibility index (Phi) is 319. The van der Waals surface area contributed by atoms with E-state index in [0.29, 0.717) is 0 Å². The number of halogens is 4. The summed E-state index contributed by atoms with van der Waals surface area (Å²) >= 11 is 0. The summed E-state index contributed by atoms with van der Waals surface area (Å²) in [7, 11) is 0. The Hall–Kier alpha value is 1.16. The first-order valence-corrected chi connectivity index (χ1v) is 0.500. The lowest BCUT2D eigenvalue weighted by Gasteiger charge is -1.07. The van der Waals surface area contributed by atoms with Crippen molar-refractivity contribution in [3.05, 3.63) is 0 Å². The van der Waals surface area contributed by atoms with Gasteiger partial charge in [0.25, 0.3) is 0 Å². The van der Waals surface area contributed by atoms with E-state index in [2.05, 4.69) is 0 Å². The predicted octanol–water partition coefficient (Wildman–Crippen LogP) is 2.71. The van der Waals surface area contributed by atoms with Crippen LogP contribution in [0, 0.1) is 0 Å². The Morgan fingerprint density at radius 1 is 0.833 bits per heavy atom. The second-order valence-electron chi connectivity index (χ2n) is 0. The standard InChI is InChI=1S/C2H6.4ClH/c1-2;;;;/h1-2H3;4*1H/i1D,2D;;;;. The van der Waals surface area contributed by atoms with E-state index in [9.17, 15) is 0 Å². The SMILES string of the molecule is Cl.Cl.Cl.Cl.[2H]CC[2H]. The van der Waals surface area contributed by atoms with Gasteiger partial charge in [0.15, 0.2) is 0 Å². The van der Waals surface area contributed by atoms with Crippen LogP contribution in [0.15, 0.2) is 0 Å². The van der Waals surface area contributed by atoms with Gasteiger partial charge in [-0.3, -0.25) is 0 Å². The molecule has 0 rings (SSSR count). The maximum absolute atomic E-state index is 6.26. The molecule has 0 unspecified atom stereocenters. The fourth-order valence-electron chi connectivity index (χ4n) is 0. The summed E-state index contributed by atoms with van der Waals surface area (Å²) in [6.07, 6.45) is 0. The second kappa shape index (κ2) is 122. The van der Waals surface area contributed by atoms with Gasteiger partial charge in [-0.15, -0.1) is 49.6 Å². The molecule has 0 radical (unpaired) electrons. The Balaban J connectivity index is -0.00000000750. The van der Waals surface area contributed by atoms with Crippen LogP contribution >= 0.6 is 49.6 Å². The van der Waals surface area contributed by atoms with Gasteiger partial charge in [0.05, 0.1) is 0 Å². The average molecular weight is 178 g/mol. The molecule has 0 aromatic carbocycles. The molecule has 4 heteroatoms. The molecule has 46 valence electrons. The summed E-state index contributed by atoms with van der Waals surface area (Å²) in [6, 6.07) is 0. The Bertz CT molecular complexity index is 14.0. The molecule has 0 atom stereocenters. The highest BCUT2D eigenvalue weighted by molar-refractivity contribution is 5.86. The summed E-state index contributed by atoms with van der Waals surface area (Å²) in [5.74, 6) is 0. The molecule has 0 aromatic heterocycles. The zero-order valence-electron chi connectivity index (χ0n) is 5.05. The summed E-state index contributed by atoms with van der Waals surface area (Å²) in [4.78, 5) is 0. The van der Waals surface area contributed by atoms with Crippen molar-refractivity contribution in [2.75, 3.05) is 0 Å². The van der Waals surface area contributed by atoms with E-state index in [0.717, 1.165) is 0 Å². The van der Waals surface area contributed by atoms with Gasteiger partial charge < -0.3 is 0 Å². The van der Waals surface area contributed by atoms with Gasteiger partial charge in [-0.1, -0.05) is 13.8 Å². The van der Waals surface area contributed by atoms with Gasteiger partial charge in [-0.25, -0.2) is 0 Å². The minimum Gasteiger partial charge on any atom is -0.147 e. The van der Waals surface area contributed by atoms with E-state index >= 15 is 0 Å². The van der Waals surface area contributed by atoms with Crippen LogP contribution in [0.25, 0.3) is 0 Å². The fourth-order valence-corrected chi connectivity index (χ4v) is 0. The lowest BCUT2D eigenvalue weighted by atomic mass is 11.0. The molecule has 0 amide bonds. The Morgan fingerprint density at radius 2 is 1.00 bits per heavy atom. The van der Waals surface area contributed by atoms with Crippen molar-refractivity contribution < 1.29 is 2.74 Å². The molecule has 0 bridgehead atoms. The third-order valence-electron chi connectivity index (χ3n) is 0. The molecular weight excluding hydrogens is 166 g/mol. The zero-order chi connectivity index (χ0) is 3.41. The monoisotopic (exact) mass is 176 g/mol. The quantitative estimate of drug-likeness (QED) is 0.534. The molecule has 0 aromatic rings. The molecule has 0 aliphatic rings. The summed E-state index contributed by atoms with van der Waals surface area (Å²) in [5, 5.41) is 0. The first-order chi connectivity index (χ1) is 1.91. The van der Waals surface area contributed by atoms with E-state index in [4.69, 9.17) is 2.74 Å². The maximum Gasteiger partial charge on any atom is 0.0228 e. The van der Waals surface area contributed by atoms with Gasteiger partial charge in [0.2, 0.25) is 0 Å². The predicted molar refractivity (Wildman–Crippen MR) is 40.3 cm³/mol. The smallest absolute Gasteiger partial charge is 0.0228 e. The molecule has 0 saturated carbocycles. The van der Waals surface area contributed by atoms with Crippen molar-refractivity contribution in [1.29, 1.82) is 0 Å². The second-order valence-corrected chi connectivity index (χ2v) is 0. The van der Waals surface area contributed by atoms with Gasteiger partial charge >= 0.3 is 0 Å². The van der Waals surface area contributed by atoms with Crippen LogP contribution in [0.2, 0.25) is 0 Å². The highest BCUT2D eigenvalue weighted by atomic mass is 35.5. The Labute approximate surface area is 66.5 Å². The lowest BCUT2D eigenvalue weighted by molar-refractivity contribution is 1.50. The van der Waals surface area contributed by atoms with E-state index in [1.54, 1.807) is 0 Å². The summed E-state index contributed by atoms with van der Waals surface area (Å²) in [5.41, 5.74) is 0. The molecule has 6 heavy (non-hydrogen) atoms. The third kappa shape index (κ3) is 66.4. The third-order valence-corrected chi connectivity index (χ3v) is 0. The number of hydrogen-bond acceptors (Lipinski definition) is 0. The highest BCUT2D eigenvalue weighted by Gasteiger charge is 0.932. The molecule has 0 aliphatic heterocycles. The van der Waals surface area contributed by atoms with Gasteiger partial charge in [-0.2, -0.15) is 0 Å². The fraction of sp³-hybridized carbons (Fsp3) is 1.00. The van der Waals surface area contributed by atoms with Crippen molar-refractivity contribution >= 4 is 49.6 Å². The minimum atomic E-state index is 0. The zero-order valence-corrected chi connectivity index (χ0v) is 6.31. The number of rotatable bonds is 0. The first kappa shape index (κ1) is 15.7. The van der Waals surface area contributed by atoms with Gasteiger partial charge in [0, 0.05) is 2.74 Å². The van der Waals surface area contributed by atoms with Crippen molar-refractivity contribution in [2.24, 2.45) is 0 Å². The van der Waals surface area contributed by atoms with Crippen LogP contribution in [0.5, 0.6) is 0 Å². The molecule has 0 fully saturated rings. The molecule has 0 saturated heterocycles. The minimum absolute atomic E-state index is 0.